The average Bonchev–Trinajstić information content (AvgIpc) is 2.31. The van der Waals surface area contributed by atoms with Crippen LogP contribution in [0.2, 0.25) is 0 Å². The molecule has 2 amide bonds. The summed E-state index contributed by atoms with van der Waals surface area (Å²) in [6.45, 7) is 4.24. The number of hydrogen-bond donors (Lipinski definition) is 3. The van der Waals surface area contributed by atoms with Gasteiger partial charge in [-0.15, -0.1) is 12.3 Å². The van der Waals surface area contributed by atoms with Crippen LogP contribution in [0.4, 0.5) is 4.79 Å². The standard InChI is InChI=1S/C14H22N2O3/c1-4-7-10(12(17)18)15-13(19)16-11-8-5-6-9-14(11,2)3/h1,10-11H,5-9H2,2-3H3,(H,17,18)(H2,15,16,19). The second-order valence-corrected chi connectivity index (χ2v) is 5.70. The van der Waals surface area contributed by atoms with Crippen molar-refractivity contribution in [1.29, 1.82) is 0 Å². The lowest BCUT2D eigenvalue weighted by molar-refractivity contribution is -0.139. The molecule has 0 heterocycles. The molecule has 1 fully saturated rings. The van der Waals surface area contributed by atoms with Crippen molar-refractivity contribution in [2.45, 2.75) is 58.0 Å². The number of terminal acetylenes is 1. The summed E-state index contributed by atoms with van der Waals surface area (Å²) in [5.74, 6) is 1.14. The van der Waals surface area contributed by atoms with Crippen LogP contribution in [0.15, 0.2) is 0 Å². The van der Waals surface area contributed by atoms with Crippen LogP contribution in [0.25, 0.3) is 0 Å². The Bertz CT molecular complexity index is 385. The minimum atomic E-state index is -1.11. The van der Waals surface area contributed by atoms with Crippen molar-refractivity contribution in [2.75, 3.05) is 0 Å². The van der Waals surface area contributed by atoms with E-state index < -0.39 is 18.0 Å². The topological polar surface area (TPSA) is 78.4 Å². The lowest BCUT2D eigenvalue weighted by Gasteiger charge is -2.39. The van der Waals surface area contributed by atoms with E-state index in [9.17, 15) is 9.59 Å². The molecular weight excluding hydrogens is 244 g/mol. The third-order valence-corrected chi connectivity index (χ3v) is 3.74. The summed E-state index contributed by atoms with van der Waals surface area (Å²) in [7, 11) is 0. The van der Waals surface area contributed by atoms with Gasteiger partial charge in [-0.25, -0.2) is 9.59 Å². The fraction of sp³-hybridized carbons (Fsp3) is 0.714. The molecule has 106 valence electrons. The van der Waals surface area contributed by atoms with Crippen LogP contribution >= 0.6 is 0 Å². The summed E-state index contributed by atoms with van der Waals surface area (Å²) < 4.78 is 0. The second kappa shape index (κ2) is 6.46. The summed E-state index contributed by atoms with van der Waals surface area (Å²) in [6.07, 6.45) is 9.30. The van der Waals surface area contributed by atoms with Crippen molar-refractivity contribution in [1.82, 2.24) is 10.6 Å². The molecule has 5 heteroatoms. The summed E-state index contributed by atoms with van der Waals surface area (Å²) in [5, 5.41) is 14.2. The summed E-state index contributed by atoms with van der Waals surface area (Å²) in [5.41, 5.74) is 0.0421. The van der Waals surface area contributed by atoms with Gasteiger partial charge in [0.1, 0.15) is 6.04 Å². The molecule has 3 N–H and O–H groups in total. The molecule has 1 aliphatic rings. The highest BCUT2D eigenvalue weighted by Gasteiger charge is 2.33. The number of carboxylic acids is 1. The van der Waals surface area contributed by atoms with Gasteiger partial charge in [-0.1, -0.05) is 26.7 Å². The molecule has 0 bridgehead atoms. The van der Waals surface area contributed by atoms with Gasteiger partial charge in [0.15, 0.2) is 0 Å². The zero-order chi connectivity index (χ0) is 14.5. The molecule has 0 saturated heterocycles. The fourth-order valence-corrected chi connectivity index (χ4v) is 2.44. The normalized spacial score (nSPS) is 22.9. The Labute approximate surface area is 114 Å². The van der Waals surface area contributed by atoms with Gasteiger partial charge in [0, 0.05) is 12.5 Å². The number of hydrogen-bond acceptors (Lipinski definition) is 2. The molecule has 0 aromatic carbocycles. The largest absolute Gasteiger partial charge is 0.480 e. The summed E-state index contributed by atoms with van der Waals surface area (Å²) in [6, 6.07) is -1.42. The van der Waals surface area contributed by atoms with E-state index in [0.717, 1.165) is 19.3 Å². The van der Waals surface area contributed by atoms with Crippen molar-refractivity contribution < 1.29 is 14.7 Å². The molecule has 0 radical (unpaired) electrons. The lowest BCUT2D eigenvalue weighted by Crippen LogP contribution is -2.53. The lowest BCUT2D eigenvalue weighted by atomic mass is 9.73. The van der Waals surface area contributed by atoms with E-state index in [1.807, 2.05) is 0 Å². The first-order valence-electron chi connectivity index (χ1n) is 6.60. The molecule has 0 aromatic heterocycles. The van der Waals surface area contributed by atoms with E-state index in [-0.39, 0.29) is 17.9 Å². The van der Waals surface area contributed by atoms with Crippen molar-refractivity contribution in [3.63, 3.8) is 0 Å². The minimum Gasteiger partial charge on any atom is -0.480 e. The zero-order valence-corrected chi connectivity index (χ0v) is 11.5. The molecule has 19 heavy (non-hydrogen) atoms. The molecule has 1 saturated carbocycles. The number of carbonyl (C=O) groups is 2. The van der Waals surface area contributed by atoms with Gasteiger partial charge in [-0.05, 0) is 18.3 Å². The van der Waals surface area contributed by atoms with Crippen molar-refractivity contribution in [3.8, 4) is 12.3 Å². The molecule has 0 spiro atoms. The highest BCUT2D eigenvalue weighted by atomic mass is 16.4. The third kappa shape index (κ3) is 4.47. The first-order valence-corrected chi connectivity index (χ1v) is 6.60. The van der Waals surface area contributed by atoms with Crippen LogP contribution in [-0.4, -0.2) is 29.2 Å². The minimum absolute atomic E-state index is 0.0171. The van der Waals surface area contributed by atoms with Gasteiger partial charge < -0.3 is 15.7 Å². The monoisotopic (exact) mass is 266 g/mol. The second-order valence-electron chi connectivity index (χ2n) is 5.70. The van der Waals surface area contributed by atoms with Crippen LogP contribution < -0.4 is 10.6 Å². The summed E-state index contributed by atoms with van der Waals surface area (Å²) in [4.78, 5) is 22.7. The molecule has 0 aromatic rings. The highest BCUT2D eigenvalue weighted by molar-refractivity contribution is 5.82. The average molecular weight is 266 g/mol. The van der Waals surface area contributed by atoms with Gasteiger partial charge in [0.2, 0.25) is 0 Å². The number of carbonyl (C=O) groups excluding carboxylic acids is 1. The maximum absolute atomic E-state index is 11.8. The third-order valence-electron chi connectivity index (χ3n) is 3.74. The fourth-order valence-electron chi connectivity index (χ4n) is 2.44. The SMILES string of the molecule is C#CCC(NC(=O)NC1CCCCC1(C)C)C(=O)O. The van der Waals surface area contributed by atoms with E-state index in [2.05, 4.69) is 30.4 Å². The first kappa shape index (κ1) is 15.4. The number of urea groups is 1. The van der Waals surface area contributed by atoms with E-state index >= 15 is 0 Å². The van der Waals surface area contributed by atoms with Crippen LogP contribution in [0.1, 0.15) is 46.0 Å². The number of carboxylic acid groups (broad SMARTS) is 1. The molecule has 2 atom stereocenters. The highest BCUT2D eigenvalue weighted by Crippen LogP contribution is 2.35. The Hall–Kier alpha value is -1.70. The van der Waals surface area contributed by atoms with Crippen molar-refractivity contribution in [3.05, 3.63) is 0 Å². The molecule has 1 aliphatic carbocycles. The number of rotatable bonds is 4. The Morgan fingerprint density at radius 3 is 2.68 bits per heavy atom. The Morgan fingerprint density at radius 2 is 2.16 bits per heavy atom. The number of nitrogens with one attached hydrogen (secondary N) is 2. The van der Waals surface area contributed by atoms with E-state index in [4.69, 9.17) is 11.5 Å². The smallest absolute Gasteiger partial charge is 0.327 e. The van der Waals surface area contributed by atoms with E-state index in [1.165, 1.54) is 6.42 Å². The Kier molecular flexibility index (Phi) is 5.22. The van der Waals surface area contributed by atoms with Crippen molar-refractivity contribution >= 4 is 12.0 Å². The van der Waals surface area contributed by atoms with Crippen LogP contribution in [0.3, 0.4) is 0 Å². The van der Waals surface area contributed by atoms with Crippen LogP contribution in [0, 0.1) is 17.8 Å². The van der Waals surface area contributed by atoms with Gasteiger partial charge in [0.25, 0.3) is 0 Å². The predicted molar refractivity (Wildman–Crippen MR) is 72.6 cm³/mol. The number of aliphatic carboxylic acids is 1. The maximum atomic E-state index is 11.8. The molecule has 5 nitrogen and oxygen atoms in total. The van der Waals surface area contributed by atoms with Crippen molar-refractivity contribution in [2.24, 2.45) is 5.41 Å². The summed E-state index contributed by atoms with van der Waals surface area (Å²) >= 11 is 0. The van der Waals surface area contributed by atoms with Crippen LogP contribution in [0.5, 0.6) is 0 Å². The van der Waals surface area contributed by atoms with E-state index in [0.29, 0.717) is 0 Å². The maximum Gasteiger partial charge on any atom is 0.327 e. The van der Waals surface area contributed by atoms with Gasteiger partial charge in [-0.3, -0.25) is 0 Å². The Morgan fingerprint density at radius 1 is 1.47 bits per heavy atom. The van der Waals surface area contributed by atoms with Crippen LogP contribution in [-0.2, 0) is 4.79 Å². The quantitative estimate of drug-likeness (QED) is 0.678. The molecule has 0 aliphatic heterocycles. The van der Waals surface area contributed by atoms with Gasteiger partial charge >= 0.3 is 12.0 Å². The number of amides is 2. The van der Waals surface area contributed by atoms with Gasteiger partial charge in [-0.2, -0.15) is 0 Å². The molecule has 1 rings (SSSR count). The molecule has 2 unspecified atom stereocenters. The predicted octanol–water partition coefficient (Wildman–Crippen LogP) is 1.73. The molecular formula is C14H22N2O3. The first-order chi connectivity index (χ1) is 8.86. The zero-order valence-electron chi connectivity index (χ0n) is 11.5. The van der Waals surface area contributed by atoms with E-state index in [1.54, 1.807) is 0 Å². The van der Waals surface area contributed by atoms with Gasteiger partial charge in [0.05, 0.1) is 0 Å². The Balaban J connectivity index is 2.54.